The Balaban J connectivity index is 2.03. The number of rotatable bonds is 6. The first kappa shape index (κ1) is 13.8. The van der Waals surface area contributed by atoms with Gasteiger partial charge in [0, 0.05) is 6.61 Å². The summed E-state index contributed by atoms with van der Waals surface area (Å²) in [7, 11) is 1.60. The van der Waals surface area contributed by atoms with Crippen molar-refractivity contribution in [3.8, 4) is 5.75 Å². The zero-order valence-corrected chi connectivity index (χ0v) is 11.1. The largest absolute Gasteiger partial charge is 0.497 e. The number of amides is 1. The fourth-order valence-electron chi connectivity index (χ4n) is 2.00. The molecule has 1 heterocycles. The lowest BCUT2D eigenvalue weighted by Crippen LogP contribution is -2.33. The molecule has 19 heavy (non-hydrogen) atoms. The number of aliphatic hydroxyl groups excluding tert-OH is 1. The van der Waals surface area contributed by atoms with Crippen LogP contribution in [-0.4, -0.2) is 36.9 Å². The van der Waals surface area contributed by atoms with E-state index in [0.29, 0.717) is 6.42 Å². The minimum Gasteiger partial charge on any atom is -0.497 e. The molecule has 1 unspecified atom stereocenters. The number of hydrogen-bond donors (Lipinski definition) is 2. The maximum Gasteiger partial charge on any atom is 0.252 e. The fourth-order valence-corrected chi connectivity index (χ4v) is 2.00. The van der Waals surface area contributed by atoms with Gasteiger partial charge in [0.25, 0.3) is 5.91 Å². The SMILES string of the molecule is COc1ccc(C(CCO)NC(=O)[C@@H]2O[C@H]2C)cc1. The summed E-state index contributed by atoms with van der Waals surface area (Å²) >= 11 is 0. The molecule has 0 aliphatic carbocycles. The van der Waals surface area contributed by atoms with Gasteiger partial charge in [-0.2, -0.15) is 0 Å². The Hall–Kier alpha value is -1.59. The molecule has 1 fully saturated rings. The summed E-state index contributed by atoms with van der Waals surface area (Å²) in [6.07, 6.45) is 0.115. The summed E-state index contributed by atoms with van der Waals surface area (Å²) in [6.45, 7) is 1.87. The van der Waals surface area contributed by atoms with Crippen LogP contribution in [0.2, 0.25) is 0 Å². The van der Waals surface area contributed by atoms with Crippen LogP contribution < -0.4 is 10.1 Å². The van der Waals surface area contributed by atoms with E-state index in [2.05, 4.69) is 5.32 Å². The Kier molecular flexibility index (Phi) is 4.39. The van der Waals surface area contributed by atoms with Gasteiger partial charge in [-0.05, 0) is 31.0 Å². The number of carbonyl (C=O) groups excluding carboxylic acids is 1. The van der Waals surface area contributed by atoms with Gasteiger partial charge in [0.1, 0.15) is 5.75 Å². The summed E-state index contributed by atoms with van der Waals surface area (Å²) in [5, 5.41) is 12.0. The Morgan fingerprint density at radius 3 is 2.58 bits per heavy atom. The second-order valence-electron chi connectivity index (χ2n) is 4.61. The highest BCUT2D eigenvalue weighted by atomic mass is 16.6. The van der Waals surface area contributed by atoms with Crippen LogP contribution in [0.5, 0.6) is 5.75 Å². The maximum absolute atomic E-state index is 11.9. The predicted molar refractivity (Wildman–Crippen MR) is 69.9 cm³/mol. The van der Waals surface area contributed by atoms with E-state index in [1.807, 2.05) is 31.2 Å². The summed E-state index contributed by atoms with van der Waals surface area (Å²) < 4.78 is 10.2. The number of nitrogens with one attached hydrogen (secondary N) is 1. The summed E-state index contributed by atoms with van der Waals surface area (Å²) in [6, 6.07) is 7.23. The van der Waals surface area contributed by atoms with Gasteiger partial charge in [-0.15, -0.1) is 0 Å². The third-order valence-corrected chi connectivity index (χ3v) is 3.22. The van der Waals surface area contributed by atoms with Gasteiger partial charge in [-0.1, -0.05) is 12.1 Å². The Morgan fingerprint density at radius 2 is 2.11 bits per heavy atom. The van der Waals surface area contributed by atoms with Crippen molar-refractivity contribution in [3.63, 3.8) is 0 Å². The van der Waals surface area contributed by atoms with Gasteiger partial charge < -0.3 is 19.9 Å². The Bertz CT molecular complexity index is 432. The molecule has 0 spiro atoms. The average Bonchev–Trinajstić information content (AvgIpc) is 3.15. The van der Waals surface area contributed by atoms with E-state index < -0.39 is 0 Å². The van der Waals surface area contributed by atoms with Crippen LogP contribution in [0.15, 0.2) is 24.3 Å². The topological polar surface area (TPSA) is 71.1 Å². The average molecular weight is 265 g/mol. The minimum absolute atomic E-state index is 0.00866. The monoisotopic (exact) mass is 265 g/mol. The highest BCUT2D eigenvalue weighted by Crippen LogP contribution is 2.24. The van der Waals surface area contributed by atoms with E-state index in [1.54, 1.807) is 7.11 Å². The predicted octanol–water partition coefficient (Wildman–Crippen LogP) is 1.02. The molecule has 1 aromatic rings. The van der Waals surface area contributed by atoms with Crippen molar-refractivity contribution in [2.75, 3.05) is 13.7 Å². The zero-order valence-electron chi connectivity index (χ0n) is 11.1. The van der Waals surface area contributed by atoms with E-state index in [0.717, 1.165) is 11.3 Å². The van der Waals surface area contributed by atoms with Gasteiger partial charge in [0.2, 0.25) is 0 Å². The van der Waals surface area contributed by atoms with E-state index >= 15 is 0 Å². The van der Waals surface area contributed by atoms with Gasteiger partial charge in [-0.25, -0.2) is 0 Å². The quantitative estimate of drug-likeness (QED) is 0.753. The molecule has 1 saturated heterocycles. The van der Waals surface area contributed by atoms with E-state index in [-0.39, 0.29) is 30.8 Å². The lowest BCUT2D eigenvalue weighted by Gasteiger charge is -2.18. The Morgan fingerprint density at radius 1 is 1.47 bits per heavy atom. The van der Waals surface area contributed by atoms with Crippen molar-refractivity contribution < 1.29 is 19.4 Å². The van der Waals surface area contributed by atoms with Crippen molar-refractivity contribution >= 4 is 5.91 Å². The second kappa shape index (κ2) is 6.04. The van der Waals surface area contributed by atoms with Crippen LogP contribution in [0.25, 0.3) is 0 Å². The van der Waals surface area contributed by atoms with Crippen LogP contribution in [0.4, 0.5) is 0 Å². The van der Waals surface area contributed by atoms with Crippen molar-refractivity contribution in [2.24, 2.45) is 0 Å². The van der Waals surface area contributed by atoms with Gasteiger partial charge in [-0.3, -0.25) is 4.79 Å². The summed E-state index contributed by atoms with van der Waals surface area (Å²) in [5.41, 5.74) is 0.941. The molecule has 0 saturated carbocycles. The molecule has 1 aliphatic rings. The zero-order chi connectivity index (χ0) is 13.8. The number of epoxide rings is 1. The standard InChI is InChI=1S/C14H19NO4/c1-9-13(19-9)14(17)15-12(7-8-16)10-3-5-11(18-2)6-4-10/h3-6,9,12-13,16H,7-8H2,1-2H3,(H,15,17)/t9-,12?,13+/m0/s1. The first-order valence-electron chi connectivity index (χ1n) is 6.36. The smallest absolute Gasteiger partial charge is 0.252 e. The highest BCUT2D eigenvalue weighted by molar-refractivity contribution is 5.84. The first-order chi connectivity index (χ1) is 9.15. The van der Waals surface area contributed by atoms with Crippen LogP contribution in [0, 0.1) is 0 Å². The Labute approximate surface area is 112 Å². The lowest BCUT2D eigenvalue weighted by molar-refractivity contribution is -0.123. The number of hydrogen-bond acceptors (Lipinski definition) is 4. The molecule has 2 N–H and O–H groups in total. The third-order valence-electron chi connectivity index (χ3n) is 3.22. The third kappa shape index (κ3) is 3.45. The van der Waals surface area contributed by atoms with Crippen LogP contribution in [-0.2, 0) is 9.53 Å². The van der Waals surface area contributed by atoms with Crippen molar-refractivity contribution in [1.29, 1.82) is 0 Å². The molecule has 1 amide bonds. The van der Waals surface area contributed by atoms with Gasteiger partial charge >= 0.3 is 0 Å². The van der Waals surface area contributed by atoms with Crippen LogP contribution in [0.1, 0.15) is 24.9 Å². The number of carbonyl (C=O) groups is 1. The number of benzene rings is 1. The maximum atomic E-state index is 11.9. The number of ether oxygens (including phenoxy) is 2. The van der Waals surface area contributed by atoms with Crippen LogP contribution in [0.3, 0.4) is 0 Å². The first-order valence-corrected chi connectivity index (χ1v) is 6.36. The molecule has 1 aromatic carbocycles. The van der Waals surface area contributed by atoms with Crippen molar-refractivity contribution in [1.82, 2.24) is 5.32 Å². The molecule has 0 radical (unpaired) electrons. The minimum atomic E-state index is -0.348. The van der Waals surface area contributed by atoms with Crippen LogP contribution >= 0.6 is 0 Å². The van der Waals surface area contributed by atoms with Crippen molar-refractivity contribution in [2.45, 2.75) is 31.6 Å². The molecule has 1 aliphatic heterocycles. The molecular formula is C14H19NO4. The van der Waals surface area contributed by atoms with Gasteiger partial charge in [0.05, 0.1) is 19.3 Å². The molecule has 0 bridgehead atoms. The number of methoxy groups -OCH3 is 1. The lowest BCUT2D eigenvalue weighted by atomic mass is 10.0. The molecule has 5 heteroatoms. The summed E-state index contributed by atoms with van der Waals surface area (Å²) in [4.78, 5) is 11.9. The molecular weight excluding hydrogens is 246 g/mol. The molecule has 2 rings (SSSR count). The van der Waals surface area contributed by atoms with E-state index in [1.165, 1.54) is 0 Å². The molecule has 0 aromatic heterocycles. The van der Waals surface area contributed by atoms with E-state index in [9.17, 15) is 4.79 Å². The summed E-state index contributed by atoms with van der Waals surface area (Å²) in [5.74, 6) is 0.638. The normalized spacial score (nSPS) is 22.7. The van der Waals surface area contributed by atoms with Crippen molar-refractivity contribution in [3.05, 3.63) is 29.8 Å². The molecule has 3 atom stereocenters. The fraction of sp³-hybridized carbons (Fsp3) is 0.500. The second-order valence-corrected chi connectivity index (χ2v) is 4.61. The van der Waals surface area contributed by atoms with E-state index in [4.69, 9.17) is 14.6 Å². The van der Waals surface area contributed by atoms with Gasteiger partial charge in [0.15, 0.2) is 6.10 Å². The molecule has 5 nitrogen and oxygen atoms in total. The highest BCUT2D eigenvalue weighted by Gasteiger charge is 2.41. The number of aliphatic hydroxyl groups is 1. The molecule has 104 valence electrons.